The third-order valence-electron chi connectivity index (χ3n) is 3.22. The maximum Gasteiger partial charge on any atom is 0.240 e. The summed E-state index contributed by atoms with van der Waals surface area (Å²) in [4.78, 5) is 29.1. The Morgan fingerprint density at radius 2 is 1.45 bits per heavy atom. The van der Waals surface area contributed by atoms with Crippen LogP contribution in [0.2, 0.25) is 0 Å². The lowest BCUT2D eigenvalue weighted by molar-refractivity contribution is 0.564. The lowest BCUT2D eigenvalue weighted by atomic mass is 9.92. The first kappa shape index (κ1) is 16.0. The van der Waals surface area contributed by atoms with Crippen LogP contribution in [-0.4, -0.2) is 12.2 Å². The van der Waals surface area contributed by atoms with Gasteiger partial charge in [0.15, 0.2) is 0 Å². The molecule has 0 amide bonds. The van der Waals surface area contributed by atoms with Gasteiger partial charge < -0.3 is 0 Å². The van der Waals surface area contributed by atoms with Crippen LogP contribution in [-0.2, 0) is 28.9 Å². The van der Waals surface area contributed by atoms with Gasteiger partial charge in [0, 0.05) is 5.56 Å². The Hall–Kier alpha value is -2.02. The van der Waals surface area contributed by atoms with Gasteiger partial charge in [-0.3, -0.25) is 0 Å². The molecular formula is C16H20N2O2. The molecule has 0 aromatic heterocycles. The summed E-state index contributed by atoms with van der Waals surface area (Å²) in [5.41, 5.74) is 4.06. The van der Waals surface area contributed by atoms with Gasteiger partial charge in [0.25, 0.3) is 0 Å². The van der Waals surface area contributed by atoms with Crippen LogP contribution in [0.25, 0.3) is 0 Å². The highest BCUT2D eigenvalue weighted by molar-refractivity contribution is 5.72. The number of benzene rings is 1. The van der Waals surface area contributed by atoms with Gasteiger partial charge in [0.05, 0.1) is 11.4 Å². The van der Waals surface area contributed by atoms with Crippen molar-refractivity contribution in [2.45, 2.75) is 47.0 Å². The van der Waals surface area contributed by atoms with E-state index in [1.807, 2.05) is 19.9 Å². The van der Waals surface area contributed by atoms with E-state index in [2.05, 4.69) is 23.8 Å². The molecule has 4 nitrogen and oxygen atoms in total. The van der Waals surface area contributed by atoms with E-state index in [1.165, 1.54) is 0 Å². The predicted molar refractivity (Wildman–Crippen MR) is 79.3 cm³/mol. The van der Waals surface area contributed by atoms with Gasteiger partial charge in [-0.25, -0.2) is 9.59 Å². The monoisotopic (exact) mass is 272 g/mol. The first-order chi connectivity index (χ1) is 9.58. The molecule has 1 rings (SSSR count). The molecule has 1 aromatic carbocycles. The predicted octanol–water partition coefficient (Wildman–Crippen LogP) is 3.94. The summed E-state index contributed by atoms with van der Waals surface area (Å²) in [7, 11) is 0. The van der Waals surface area contributed by atoms with E-state index in [-0.39, 0.29) is 0 Å². The van der Waals surface area contributed by atoms with E-state index in [1.54, 1.807) is 12.2 Å². The van der Waals surface area contributed by atoms with Crippen molar-refractivity contribution in [2.75, 3.05) is 0 Å². The molecular weight excluding hydrogens is 252 g/mol. The quantitative estimate of drug-likeness (QED) is 0.581. The van der Waals surface area contributed by atoms with Crippen LogP contribution in [0, 0.1) is 5.92 Å². The average molecular weight is 272 g/mol. The zero-order valence-electron chi connectivity index (χ0n) is 12.5. The Morgan fingerprint density at radius 3 is 1.75 bits per heavy atom. The third kappa shape index (κ3) is 3.51. The van der Waals surface area contributed by atoms with Crippen LogP contribution in [0.1, 0.15) is 44.4 Å². The molecule has 0 unspecified atom stereocenters. The van der Waals surface area contributed by atoms with Gasteiger partial charge in [-0.05, 0) is 36.3 Å². The molecule has 0 bridgehead atoms. The Morgan fingerprint density at radius 1 is 1.00 bits per heavy atom. The first-order valence-corrected chi connectivity index (χ1v) is 6.92. The average Bonchev–Trinajstić information content (AvgIpc) is 2.42. The Bertz CT molecular complexity index is 534. The van der Waals surface area contributed by atoms with Crippen LogP contribution >= 0.6 is 0 Å². The summed E-state index contributed by atoms with van der Waals surface area (Å²) in [5, 5.41) is 0. The summed E-state index contributed by atoms with van der Waals surface area (Å²) < 4.78 is 0. The lowest BCUT2D eigenvalue weighted by Gasteiger charge is -2.16. The molecule has 4 heteroatoms. The van der Waals surface area contributed by atoms with Crippen molar-refractivity contribution < 1.29 is 9.59 Å². The number of nitrogens with zero attached hydrogens (tertiary/aromatic N) is 2. The first-order valence-electron chi connectivity index (χ1n) is 6.92. The molecule has 0 N–H and O–H groups in total. The molecule has 0 atom stereocenters. The Kier molecular flexibility index (Phi) is 6.05. The number of isocyanates is 2. The molecule has 0 spiro atoms. The van der Waals surface area contributed by atoms with Crippen LogP contribution in [0.15, 0.2) is 16.1 Å². The van der Waals surface area contributed by atoms with E-state index < -0.39 is 0 Å². The van der Waals surface area contributed by atoms with Crippen LogP contribution in [0.5, 0.6) is 0 Å². The summed E-state index contributed by atoms with van der Waals surface area (Å²) in [6, 6.07) is 1.97. The maximum absolute atomic E-state index is 10.7. The van der Waals surface area contributed by atoms with E-state index in [4.69, 9.17) is 0 Å². The van der Waals surface area contributed by atoms with Crippen molar-refractivity contribution in [3.8, 4) is 0 Å². The molecule has 0 aliphatic carbocycles. The van der Waals surface area contributed by atoms with Crippen LogP contribution in [0.4, 0.5) is 11.4 Å². The highest BCUT2D eigenvalue weighted by Gasteiger charge is 2.17. The largest absolute Gasteiger partial charge is 0.240 e. The molecule has 0 saturated carbocycles. The van der Waals surface area contributed by atoms with Crippen molar-refractivity contribution >= 4 is 23.5 Å². The summed E-state index contributed by atoms with van der Waals surface area (Å²) in [6.45, 7) is 8.18. The second-order valence-electron chi connectivity index (χ2n) is 5.08. The molecule has 106 valence electrons. The van der Waals surface area contributed by atoms with Gasteiger partial charge >= 0.3 is 0 Å². The zero-order chi connectivity index (χ0) is 15.1. The minimum absolute atomic E-state index is 0.369. The smallest absolute Gasteiger partial charge is 0.211 e. The third-order valence-corrected chi connectivity index (χ3v) is 3.22. The molecule has 0 heterocycles. The summed E-state index contributed by atoms with van der Waals surface area (Å²) in [5.74, 6) is 0.369. The van der Waals surface area contributed by atoms with Gasteiger partial charge in [-0.1, -0.05) is 33.8 Å². The molecule has 20 heavy (non-hydrogen) atoms. The van der Waals surface area contributed by atoms with Crippen molar-refractivity contribution in [2.24, 2.45) is 15.9 Å². The van der Waals surface area contributed by atoms with Crippen molar-refractivity contribution in [3.05, 3.63) is 22.8 Å². The molecule has 0 aliphatic heterocycles. The second kappa shape index (κ2) is 7.54. The van der Waals surface area contributed by atoms with Gasteiger partial charge in [0.2, 0.25) is 12.2 Å². The minimum atomic E-state index is 0.369. The van der Waals surface area contributed by atoms with Crippen LogP contribution < -0.4 is 0 Å². The maximum atomic E-state index is 10.7. The van der Waals surface area contributed by atoms with Crippen LogP contribution in [0.3, 0.4) is 0 Å². The van der Waals surface area contributed by atoms with Gasteiger partial charge in [0.1, 0.15) is 0 Å². The van der Waals surface area contributed by atoms with Crippen molar-refractivity contribution in [3.63, 3.8) is 0 Å². The van der Waals surface area contributed by atoms with E-state index >= 15 is 0 Å². The Labute approximate surface area is 119 Å². The van der Waals surface area contributed by atoms with E-state index in [0.29, 0.717) is 23.7 Å². The van der Waals surface area contributed by atoms with Crippen molar-refractivity contribution in [1.82, 2.24) is 0 Å². The number of aliphatic imine (C=N–C) groups is 2. The molecule has 0 saturated heterocycles. The number of carbonyl (C=O) groups excluding carboxylic acids is 2. The molecule has 0 aliphatic rings. The number of rotatable bonds is 6. The van der Waals surface area contributed by atoms with Gasteiger partial charge in [-0.2, -0.15) is 9.98 Å². The zero-order valence-corrected chi connectivity index (χ0v) is 12.5. The normalized spacial score (nSPS) is 10.1. The summed E-state index contributed by atoms with van der Waals surface area (Å²) >= 11 is 0. The summed E-state index contributed by atoms with van der Waals surface area (Å²) in [6.07, 6.45) is 5.47. The SMILES string of the molecule is CCc1cc(CC)c(N=C=O)c(CC(C)C)c1N=C=O. The Balaban J connectivity index is 3.73. The van der Waals surface area contributed by atoms with Gasteiger partial charge in [-0.15, -0.1) is 0 Å². The fourth-order valence-corrected chi connectivity index (χ4v) is 2.36. The standard InChI is InChI=1S/C16H20N2O2/c1-5-12-8-13(6-2)16(18-10-20)14(7-11(3)4)15(12)17-9-19/h8,11H,5-7H2,1-4H3. The molecule has 0 fully saturated rings. The van der Waals surface area contributed by atoms with E-state index in [9.17, 15) is 9.59 Å². The second-order valence-corrected chi connectivity index (χ2v) is 5.08. The number of hydrogen-bond acceptors (Lipinski definition) is 4. The lowest BCUT2D eigenvalue weighted by Crippen LogP contribution is -2.00. The molecule has 1 aromatic rings. The minimum Gasteiger partial charge on any atom is -0.211 e. The number of hydrogen-bond donors (Lipinski definition) is 0. The highest BCUT2D eigenvalue weighted by Crippen LogP contribution is 2.38. The van der Waals surface area contributed by atoms with E-state index in [0.717, 1.165) is 29.5 Å². The fraction of sp³-hybridized carbons (Fsp3) is 0.500. The highest BCUT2D eigenvalue weighted by atomic mass is 16.1. The topological polar surface area (TPSA) is 58.9 Å². The fourth-order valence-electron chi connectivity index (χ4n) is 2.36. The number of aryl methyl sites for hydroxylation is 2. The van der Waals surface area contributed by atoms with Crippen molar-refractivity contribution in [1.29, 1.82) is 0 Å². The molecule has 0 radical (unpaired) electrons.